The third-order valence-electron chi connectivity index (χ3n) is 6.67. The van der Waals surface area contributed by atoms with E-state index in [2.05, 4.69) is 51.2 Å². The summed E-state index contributed by atoms with van der Waals surface area (Å²) in [5, 5.41) is 11.0. The third-order valence-corrected chi connectivity index (χ3v) is 6.67. The second kappa shape index (κ2) is 29.5. The fourth-order valence-electron chi connectivity index (χ4n) is 4.16. The highest BCUT2D eigenvalue weighted by atomic mass is 16.2. The average molecular weight is 769 g/mol. The summed E-state index contributed by atoms with van der Waals surface area (Å²) in [6.07, 6.45) is 0.493. The molecule has 0 rings (SSSR count). The van der Waals surface area contributed by atoms with Gasteiger partial charge in [0.05, 0.1) is 19.6 Å². The molecule has 0 saturated heterocycles. The normalized spacial score (nSPS) is 11.8. The van der Waals surface area contributed by atoms with Gasteiger partial charge in [-0.1, -0.05) is 0 Å². The van der Waals surface area contributed by atoms with Crippen LogP contribution in [0.4, 0.5) is 0 Å². The molecule has 0 aromatic carbocycles. The lowest BCUT2D eigenvalue weighted by atomic mass is 10.2. The van der Waals surface area contributed by atoms with Gasteiger partial charge < -0.3 is 88.4 Å². The molecule has 0 bridgehead atoms. The smallest absolute Gasteiger partial charge is 0.221 e. The quantitative estimate of drug-likeness (QED) is 0.0221. The summed E-state index contributed by atoms with van der Waals surface area (Å²) >= 11 is 0. The number of hydrogen-bond donors (Lipinski definition) is 14. The van der Waals surface area contributed by atoms with Crippen molar-refractivity contribution in [3.63, 3.8) is 0 Å². The lowest BCUT2D eigenvalue weighted by Gasteiger charge is -2.27. The van der Waals surface area contributed by atoms with Crippen LogP contribution in [0.1, 0.15) is 25.7 Å². The first-order valence-electron chi connectivity index (χ1n) is 17.0. The van der Waals surface area contributed by atoms with Gasteiger partial charge in [0.25, 0.3) is 0 Å². The van der Waals surface area contributed by atoms with Crippen LogP contribution in [-0.2, 0) is 19.2 Å². The number of amides is 4. The molecule has 54 heavy (non-hydrogen) atoms. The number of nitrogens with zero attached hydrogens (tertiary/aromatic N) is 8. The molecule has 0 unspecified atom stereocenters. The van der Waals surface area contributed by atoms with Crippen molar-refractivity contribution in [1.82, 2.24) is 31.1 Å². The predicted octanol–water partition coefficient (Wildman–Crippen LogP) is -8.66. The summed E-state index contributed by atoms with van der Waals surface area (Å²) in [5.74, 6) is -2.00. The second-order valence-electron chi connectivity index (χ2n) is 11.2. The molecule has 306 valence electrons. The maximum Gasteiger partial charge on any atom is 0.221 e. The van der Waals surface area contributed by atoms with E-state index < -0.39 is 0 Å². The number of nitrogens with one attached hydrogen (secondary N) is 4. The molecule has 26 heteroatoms. The van der Waals surface area contributed by atoms with Crippen LogP contribution in [0.3, 0.4) is 0 Å². The SMILES string of the molecule is NCCNC(=O)CCN(CCC(=O)NCCN=C(N)N=C(N)N)CCN(CCC(=O)NCCN=C(N)N=C(N)N)CCC(=O)NCCN=C(N)N=C(N)N. The van der Waals surface area contributed by atoms with E-state index in [1.54, 1.807) is 0 Å². The molecule has 4 amide bonds. The van der Waals surface area contributed by atoms with E-state index in [0.717, 1.165) is 0 Å². The Labute approximate surface area is 314 Å². The standard InChI is InChI=1S/C28H60N22O4/c29-5-6-39-19(51)1-13-49(14-2-20(52)40-7-10-43-26(36)46-23(30)31)17-18-50(15-3-21(53)41-8-11-44-27(37)47-24(32)33)16-4-22(54)42-9-12-45-28(38)48-25(34)35/h1-18,29H2,(H,39,51)(H,40,52)(H,41,53)(H,42,54)(H6,30,31,36,43,46)(H6,32,33,37,44,47)(H6,34,35,38,45,48). The van der Waals surface area contributed by atoms with E-state index in [4.69, 9.17) is 57.3 Å². The Bertz CT molecular complexity index is 1280. The highest BCUT2D eigenvalue weighted by Gasteiger charge is 2.15. The Morgan fingerprint density at radius 3 is 0.907 bits per heavy atom. The van der Waals surface area contributed by atoms with Gasteiger partial charge in [0.1, 0.15) is 0 Å². The molecule has 0 spiro atoms. The van der Waals surface area contributed by atoms with Crippen LogP contribution in [0.2, 0.25) is 0 Å². The first-order chi connectivity index (χ1) is 25.6. The molecule has 0 aliphatic rings. The van der Waals surface area contributed by atoms with Crippen LogP contribution in [0, 0.1) is 0 Å². The van der Waals surface area contributed by atoms with E-state index in [1.165, 1.54) is 0 Å². The Morgan fingerprint density at radius 1 is 0.407 bits per heavy atom. The third kappa shape index (κ3) is 29.7. The van der Waals surface area contributed by atoms with E-state index >= 15 is 0 Å². The van der Waals surface area contributed by atoms with Gasteiger partial charge in [0.15, 0.2) is 17.9 Å². The summed E-state index contributed by atoms with van der Waals surface area (Å²) in [5.41, 5.74) is 53.8. The zero-order valence-electron chi connectivity index (χ0n) is 30.7. The lowest BCUT2D eigenvalue weighted by molar-refractivity contribution is -0.123. The minimum absolute atomic E-state index is 0.105. The number of carbonyl (C=O) groups is 4. The minimum atomic E-state index is -0.259. The Balaban J connectivity index is 5.47. The fraction of sp³-hybridized carbons (Fsp3) is 0.643. The fourth-order valence-corrected chi connectivity index (χ4v) is 4.16. The number of rotatable bonds is 26. The van der Waals surface area contributed by atoms with E-state index in [-0.39, 0.29) is 124 Å². The molecular formula is C28H60N22O4. The van der Waals surface area contributed by atoms with Crippen molar-refractivity contribution in [2.45, 2.75) is 25.7 Å². The van der Waals surface area contributed by atoms with Gasteiger partial charge in [-0.15, -0.1) is 0 Å². The topological polar surface area (TPSA) is 457 Å². The van der Waals surface area contributed by atoms with Gasteiger partial charge in [0, 0.05) is 97.7 Å². The van der Waals surface area contributed by atoms with Crippen molar-refractivity contribution >= 4 is 59.4 Å². The lowest BCUT2D eigenvalue weighted by Crippen LogP contribution is -2.42. The number of carbonyl (C=O) groups excluding carboxylic acids is 4. The monoisotopic (exact) mass is 769 g/mol. The van der Waals surface area contributed by atoms with Gasteiger partial charge >= 0.3 is 0 Å². The Kier molecular flexibility index (Phi) is 26.3. The van der Waals surface area contributed by atoms with Crippen molar-refractivity contribution < 1.29 is 19.2 Å². The maximum atomic E-state index is 12.6. The van der Waals surface area contributed by atoms with Crippen molar-refractivity contribution in [2.75, 3.05) is 91.6 Å². The zero-order chi connectivity index (χ0) is 40.7. The van der Waals surface area contributed by atoms with Crippen molar-refractivity contribution in [3.05, 3.63) is 0 Å². The highest BCUT2D eigenvalue weighted by molar-refractivity contribution is 5.93. The first kappa shape index (κ1) is 48.0. The average Bonchev–Trinajstić information content (AvgIpc) is 3.08. The van der Waals surface area contributed by atoms with Crippen LogP contribution in [-0.4, -0.2) is 161 Å². The highest BCUT2D eigenvalue weighted by Crippen LogP contribution is 2.01. The van der Waals surface area contributed by atoms with Crippen LogP contribution < -0.4 is 78.6 Å². The van der Waals surface area contributed by atoms with E-state index in [1.807, 2.05) is 9.80 Å². The molecule has 0 saturated carbocycles. The molecule has 24 N–H and O–H groups in total. The molecule has 0 aliphatic carbocycles. The molecule has 0 aliphatic heterocycles. The maximum absolute atomic E-state index is 12.6. The summed E-state index contributed by atoms with van der Waals surface area (Å²) in [6, 6.07) is 0. The van der Waals surface area contributed by atoms with Gasteiger partial charge in [-0.2, -0.15) is 15.0 Å². The van der Waals surface area contributed by atoms with Crippen LogP contribution in [0.15, 0.2) is 30.0 Å². The predicted molar refractivity (Wildman–Crippen MR) is 209 cm³/mol. The van der Waals surface area contributed by atoms with Crippen molar-refractivity contribution in [3.8, 4) is 0 Å². The summed E-state index contributed by atoms with van der Waals surface area (Å²) in [7, 11) is 0. The molecule has 0 radical (unpaired) electrons. The first-order valence-corrected chi connectivity index (χ1v) is 17.0. The molecular weight excluding hydrogens is 708 g/mol. The largest absolute Gasteiger partial charge is 0.370 e. The molecule has 0 aromatic rings. The van der Waals surface area contributed by atoms with E-state index in [9.17, 15) is 19.2 Å². The Hall–Kier alpha value is -6.02. The molecule has 0 fully saturated rings. The number of guanidine groups is 6. The number of aliphatic imine (C=N–C) groups is 6. The van der Waals surface area contributed by atoms with Gasteiger partial charge in [0.2, 0.25) is 41.5 Å². The van der Waals surface area contributed by atoms with Crippen molar-refractivity contribution in [2.24, 2.45) is 87.3 Å². The van der Waals surface area contributed by atoms with Gasteiger partial charge in [-0.25, -0.2) is 15.0 Å². The molecule has 26 nitrogen and oxygen atoms in total. The minimum Gasteiger partial charge on any atom is -0.370 e. The summed E-state index contributed by atoms with van der Waals surface area (Å²) in [4.78, 5) is 76.7. The van der Waals surface area contributed by atoms with Gasteiger partial charge in [-0.05, 0) is 0 Å². The molecule has 0 heterocycles. The number of nitrogens with two attached hydrogens (primary N) is 10. The second-order valence-corrected chi connectivity index (χ2v) is 11.2. The van der Waals surface area contributed by atoms with Crippen LogP contribution in [0.25, 0.3) is 0 Å². The molecule has 0 aromatic heterocycles. The van der Waals surface area contributed by atoms with Crippen LogP contribution in [0.5, 0.6) is 0 Å². The van der Waals surface area contributed by atoms with Crippen LogP contribution >= 0.6 is 0 Å². The summed E-state index contributed by atoms with van der Waals surface area (Å²) in [6.45, 7) is 3.75. The van der Waals surface area contributed by atoms with Gasteiger partial charge in [-0.3, -0.25) is 19.2 Å². The molecule has 0 atom stereocenters. The summed E-state index contributed by atoms with van der Waals surface area (Å²) < 4.78 is 0. The van der Waals surface area contributed by atoms with E-state index in [0.29, 0.717) is 52.4 Å². The zero-order valence-corrected chi connectivity index (χ0v) is 30.7. The number of hydrogen-bond acceptors (Lipinski definition) is 10. The van der Waals surface area contributed by atoms with Crippen molar-refractivity contribution in [1.29, 1.82) is 0 Å². The Morgan fingerprint density at radius 2 is 0.667 bits per heavy atom.